The van der Waals surface area contributed by atoms with E-state index < -0.39 is 0 Å². The van der Waals surface area contributed by atoms with E-state index in [2.05, 4.69) is 9.97 Å². The van der Waals surface area contributed by atoms with E-state index in [1.807, 2.05) is 0 Å². The molecule has 2 rings (SSSR count). The summed E-state index contributed by atoms with van der Waals surface area (Å²) in [6.07, 6.45) is 4.44. The first-order valence-electron chi connectivity index (χ1n) is 4.47. The summed E-state index contributed by atoms with van der Waals surface area (Å²) in [6.45, 7) is 0.370. The lowest BCUT2D eigenvalue weighted by atomic mass is 10.3. The van der Waals surface area contributed by atoms with Gasteiger partial charge in [0.1, 0.15) is 5.15 Å². The number of hydrogen-bond acceptors (Lipinski definition) is 3. The zero-order valence-electron chi connectivity index (χ0n) is 8.10. The molecule has 0 aliphatic heterocycles. The molecule has 0 aromatic carbocycles. The van der Waals surface area contributed by atoms with Crippen LogP contribution in [0.3, 0.4) is 0 Å². The average Bonchev–Trinajstić information content (AvgIpc) is 2.24. The van der Waals surface area contributed by atoms with Crippen LogP contribution in [0.15, 0.2) is 35.5 Å². The highest BCUT2D eigenvalue weighted by Gasteiger charge is 2.01. The Morgan fingerprint density at radius 2 is 2.12 bits per heavy atom. The fourth-order valence-electron chi connectivity index (χ4n) is 1.28. The summed E-state index contributed by atoms with van der Waals surface area (Å²) in [6, 6.07) is 3.47. The molecule has 0 aliphatic carbocycles. The van der Waals surface area contributed by atoms with Crippen LogP contribution in [0.1, 0.15) is 5.56 Å². The number of halogens is 2. The first kappa shape index (κ1) is 11.1. The molecule has 0 saturated carbocycles. The molecule has 0 atom stereocenters. The van der Waals surface area contributed by atoms with Gasteiger partial charge in [-0.15, -0.1) is 0 Å². The smallest absolute Gasteiger partial charge is 0.293 e. The maximum atomic E-state index is 11.4. The summed E-state index contributed by atoms with van der Waals surface area (Å²) in [5.74, 6) is 0. The Hall–Kier alpha value is -1.39. The lowest BCUT2D eigenvalue weighted by Gasteiger charge is -2.05. The molecular weight excluding hydrogens is 249 g/mol. The van der Waals surface area contributed by atoms with E-state index in [-0.39, 0.29) is 5.69 Å². The highest BCUT2D eigenvalue weighted by Crippen LogP contribution is 2.09. The van der Waals surface area contributed by atoms with Gasteiger partial charge in [-0.05, 0) is 17.7 Å². The standard InChI is InChI=1S/C10H7Cl2N3O/c11-8-4-14-10(16)15(6-8)5-7-1-2-13-9(12)3-7/h1-4,6H,5H2. The molecule has 4 nitrogen and oxygen atoms in total. The Morgan fingerprint density at radius 1 is 1.31 bits per heavy atom. The van der Waals surface area contributed by atoms with Crippen LogP contribution in [-0.2, 0) is 6.54 Å². The maximum Gasteiger partial charge on any atom is 0.347 e. The van der Waals surface area contributed by atoms with Crippen molar-refractivity contribution in [2.75, 3.05) is 0 Å². The van der Waals surface area contributed by atoms with E-state index >= 15 is 0 Å². The largest absolute Gasteiger partial charge is 0.347 e. The van der Waals surface area contributed by atoms with Crippen molar-refractivity contribution in [3.8, 4) is 0 Å². The Kier molecular flexibility index (Phi) is 3.22. The summed E-state index contributed by atoms with van der Waals surface area (Å²) in [7, 11) is 0. The van der Waals surface area contributed by atoms with Crippen molar-refractivity contribution < 1.29 is 0 Å². The molecule has 0 aliphatic rings. The third-order valence-electron chi connectivity index (χ3n) is 1.97. The molecule has 0 amide bonds. The molecule has 0 fully saturated rings. The molecule has 2 heterocycles. The van der Waals surface area contributed by atoms with Crippen LogP contribution in [0.2, 0.25) is 10.2 Å². The van der Waals surface area contributed by atoms with Crippen molar-refractivity contribution >= 4 is 23.2 Å². The van der Waals surface area contributed by atoms with Crippen molar-refractivity contribution in [1.29, 1.82) is 0 Å². The molecule has 0 N–H and O–H groups in total. The normalized spacial score (nSPS) is 10.4. The monoisotopic (exact) mass is 255 g/mol. The minimum Gasteiger partial charge on any atom is -0.293 e. The molecule has 0 unspecified atom stereocenters. The van der Waals surface area contributed by atoms with Gasteiger partial charge in [0.25, 0.3) is 0 Å². The van der Waals surface area contributed by atoms with Crippen LogP contribution in [0, 0.1) is 0 Å². The second-order valence-corrected chi connectivity index (χ2v) is 3.99. The fraction of sp³-hybridized carbons (Fsp3) is 0.100. The average molecular weight is 256 g/mol. The molecule has 6 heteroatoms. The van der Waals surface area contributed by atoms with Gasteiger partial charge in [0.2, 0.25) is 0 Å². The SMILES string of the molecule is O=c1ncc(Cl)cn1Cc1ccnc(Cl)c1. The van der Waals surface area contributed by atoms with E-state index in [1.165, 1.54) is 17.0 Å². The summed E-state index contributed by atoms with van der Waals surface area (Å²) in [5, 5.41) is 0.806. The van der Waals surface area contributed by atoms with E-state index in [4.69, 9.17) is 23.2 Å². The molecule has 0 spiro atoms. The van der Waals surface area contributed by atoms with Crippen LogP contribution >= 0.6 is 23.2 Å². The number of pyridine rings is 1. The first-order chi connectivity index (χ1) is 7.65. The summed E-state index contributed by atoms with van der Waals surface area (Å²) in [5.41, 5.74) is 0.517. The van der Waals surface area contributed by atoms with Gasteiger partial charge in [-0.2, -0.15) is 0 Å². The minimum atomic E-state index is -0.350. The molecule has 2 aromatic rings. The predicted molar refractivity (Wildman–Crippen MR) is 61.9 cm³/mol. The molecule has 0 saturated heterocycles. The second-order valence-electron chi connectivity index (χ2n) is 3.17. The third-order valence-corrected chi connectivity index (χ3v) is 2.37. The van der Waals surface area contributed by atoms with Gasteiger partial charge in [-0.3, -0.25) is 4.57 Å². The number of aromatic nitrogens is 3. The molecule has 0 bridgehead atoms. The molecule has 82 valence electrons. The van der Waals surface area contributed by atoms with Gasteiger partial charge in [-0.1, -0.05) is 23.2 Å². The van der Waals surface area contributed by atoms with Crippen LogP contribution in [0.4, 0.5) is 0 Å². The van der Waals surface area contributed by atoms with Crippen LogP contribution in [0.25, 0.3) is 0 Å². The first-order valence-corrected chi connectivity index (χ1v) is 5.23. The highest BCUT2D eigenvalue weighted by molar-refractivity contribution is 6.30. The van der Waals surface area contributed by atoms with Crippen molar-refractivity contribution in [1.82, 2.24) is 14.5 Å². The Bertz CT molecular complexity index is 568. The van der Waals surface area contributed by atoms with Gasteiger partial charge in [0.05, 0.1) is 17.8 Å². The van der Waals surface area contributed by atoms with Gasteiger partial charge < -0.3 is 0 Å². The summed E-state index contributed by atoms with van der Waals surface area (Å²) < 4.78 is 1.41. The van der Waals surface area contributed by atoms with Crippen LogP contribution in [-0.4, -0.2) is 14.5 Å². The van der Waals surface area contributed by atoms with E-state index in [1.54, 1.807) is 18.3 Å². The summed E-state index contributed by atoms with van der Waals surface area (Å²) in [4.78, 5) is 18.9. The number of rotatable bonds is 2. The third kappa shape index (κ3) is 2.59. The Labute approximate surface area is 101 Å². The van der Waals surface area contributed by atoms with Crippen molar-refractivity contribution in [3.63, 3.8) is 0 Å². The fourth-order valence-corrected chi connectivity index (χ4v) is 1.64. The van der Waals surface area contributed by atoms with Crippen LogP contribution in [0.5, 0.6) is 0 Å². The van der Waals surface area contributed by atoms with Gasteiger partial charge >= 0.3 is 5.69 Å². The van der Waals surface area contributed by atoms with Crippen LogP contribution < -0.4 is 5.69 Å². The predicted octanol–water partition coefficient (Wildman–Crippen LogP) is 1.99. The van der Waals surface area contributed by atoms with Gasteiger partial charge in [0, 0.05) is 12.4 Å². The topological polar surface area (TPSA) is 47.8 Å². The molecule has 2 aromatic heterocycles. The van der Waals surface area contributed by atoms with E-state index in [0.717, 1.165) is 5.56 Å². The van der Waals surface area contributed by atoms with Gasteiger partial charge in [0.15, 0.2) is 0 Å². The maximum absolute atomic E-state index is 11.4. The van der Waals surface area contributed by atoms with E-state index in [9.17, 15) is 4.79 Å². The van der Waals surface area contributed by atoms with Gasteiger partial charge in [-0.25, -0.2) is 14.8 Å². The second kappa shape index (κ2) is 4.63. The Morgan fingerprint density at radius 3 is 2.88 bits per heavy atom. The number of nitrogens with zero attached hydrogens (tertiary/aromatic N) is 3. The Balaban J connectivity index is 2.34. The molecule has 0 radical (unpaired) electrons. The lowest BCUT2D eigenvalue weighted by molar-refractivity contribution is 0.726. The quantitative estimate of drug-likeness (QED) is 0.772. The zero-order chi connectivity index (χ0) is 11.5. The highest BCUT2D eigenvalue weighted by atomic mass is 35.5. The molecule has 16 heavy (non-hydrogen) atoms. The van der Waals surface area contributed by atoms with Crippen molar-refractivity contribution in [3.05, 3.63) is 56.9 Å². The summed E-state index contributed by atoms with van der Waals surface area (Å²) >= 11 is 11.5. The van der Waals surface area contributed by atoms with Crippen molar-refractivity contribution in [2.45, 2.75) is 6.54 Å². The molecular formula is C10H7Cl2N3O. The minimum absolute atomic E-state index is 0.350. The zero-order valence-corrected chi connectivity index (χ0v) is 9.61. The lowest BCUT2D eigenvalue weighted by Crippen LogP contribution is -2.22. The van der Waals surface area contributed by atoms with E-state index in [0.29, 0.717) is 16.7 Å². The van der Waals surface area contributed by atoms with Crippen molar-refractivity contribution in [2.24, 2.45) is 0 Å². The number of hydrogen-bond donors (Lipinski definition) is 0.